The summed E-state index contributed by atoms with van der Waals surface area (Å²) in [5.41, 5.74) is 0.515. The number of amides is 1. The second-order valence-corrected chi connectivity index (χ2v) is 11.4. The van der Waals surface area contributed by atoms with Gasteiger partial charge in [0.25, 0.3) is 5.91 Å². The first-order chi connectivity index (χ1) is 21.0. The van der Waals surface area contributed by atoms with Gasteiger partial charge in [-0.25, -0.2) is 0 Å². The lowest BCUT2D eigenvalue weighted by Crippen LogP contribution is -2.57. The van der Waals surface area contributed by atoms with E-state index >= 15 is 0 Å². The van der Waals surface area contributed by atoms with Gasteiger partial charge in [0.2, 0.25) is 0 Å². The van der Waals surface area contributed by atoms with E-state index < -0.39 is 41.0 Å². The molecule has 0 unspecified atom stereocenters. The number of nitrogens with one attached hydrogen (secondary N) is 1. The van der Waals surface area contributed by atoms with Crippen LogP contribution in [0.3, 0.4) is 0 Å². The van der Waals surface area contributed by atoms with Gasteiger partial charge in [0.15, 0.2) is 0 Å². The largest absolute Gasteiger partial charge is 0.416 e. The molecule has 2 aliphatic rings. The van der Waals surface area contributed by atoms with Gasteiger partial charge in [0, 0.05) is 92.8 Å². The maximum atomic E-state index is 13.7. The molecule has 0 radical (unpaired) electrons. The SMILES string of the molecule is O=C(c1cc(C(F)(F)F)cc(C(F)(F)F)c1)N1CCN(CCN2CCc3ncccc3C2)C[C@H]1Cc1c[nH]c2ccccc12. The van der Waals surface area contributed by atoms with E-state index in [4.69, 9.17) is 0 Å². The van der Waals surface area contributed by atoms with Crippen LogP contribution in [0.4, 0.5) is 26.3 Å². The number of hydrogen-bond acceptors (Lipinski definition) is 4. The first-order valence-electron chi connectivity index (χ1n) is 14.5. The van der Waals surface area contributed by atoms with E-state index in [1.54, 1.807) is 6.20 Å². The molecule has 0 aliphatic carbocycles. The predicted octanol–water partition coefficient (Wildman–Crippen LogP) is 6.03. The van der Waals surface area contributed by atoms with Crippen LogP contribution >= 0.6 is 0 Å². The van der Waals surface area contributed by atoms with Crippen LogP contribution in [0.2, 0.25) is 0 Å². The number of fused-ring (bicyclic) bond motifs is 2. The fourth-order valence-corrected chi connectivity index (χ4v) is 6.26. The van der Waals surface area contributed by atoms with Gasteiger partial charge < -0.3 is 9.88 Å². The number of hydrogen-bond donors (Lipinski definition) is 1. The molecular weight excluding hydrogens is 584 g/mol. The van der Waals surface area contributed by atoms with Crippen LogP contribution in [0.1, 0.15) is 38.3 Å². The minimum atomic E-state index is -5.04. The van der Waals surface area contributed by atoms with Crippen LogP contribution in [0, 0.1) is 0 Å². The molecule has 4 heterocycles. The van der Waals surface area contributed by atoms with Gasteiger partial charge >= 0.3 is 12.4 Å². The lowest BCUT2D eigenvalue weighted by atomic mass is 9.98. The Hall–Kier alpha value is -3.90. The lowest BCUT2D eigenvalue weighted by molar-refractivity contribution is -0.143. The van der Waals surface area contributed by atoms with Crippen molar-refractivity contribution in [3.8, 4) is 0 Å². The summed E-state index contributed by atoms with van der Waals surface area (Å²) in [5.74, 6) is -0.841. The highest BCUT2D eigenvalue weighted by Crippen LogP contribution is 2.37. The van der Waals surface area contributed by atoms with Crippen LogP contribution in [-0.4, -0.2) is 75.9 Å². The van der Waals surface area contributed by atoms with E-state index in [1.807, 2.05) is 36.5 Å². The van der Waals surface area contributed by atoms with Crippen molar-refractivity contribution in [1.29, 1.82) is 0 Å². The molecule has 1 N–H and O–H groups in total. The predicted molar refractivity (Wildman–Crippen MR) is 153 cm³/mol. The number of pyridine rings is 1. The van der Waals surface area contributed by atoms with Crippen LogP contribution in [0.25, 0.3) is 10.9 Å². The van der Waals surface area contributed by atoms with Crippen molar-refractivity contribution in [1.82, 2.24) is 24.7 Å². The number of piperazine rings is 1. The Balaban J connectivity index is 1.24. The zero-order valence-corrected chi connectivity index (χ0v) is 23.8. The number of para-hydroxylation sites is 1. The molecule has 6 rings (SSSR count). The van der Waals surface area contributed by atoms with Crippen LogP contribution in [0.5, 0.6) is 0 Å². The van der Waals surface area contributed by atoms with Gasteiger partial charge in [-0.05, 0) is 47.9 Å². The Kier molecular flexibility index (Phi) is 8.14. The molecule has 6 nitrogen and oxygen atoms in total. The summed E-state index contributed by atoms with van der Waals surface area (Å²) in [5, 5.41) is 0.955. The molecule has 44 heavy (non-hydrogen) atoms. The minimum Gasteiger partial charge on any atom is -0.361 e. The molecule has 1 amide bonds. The summed E-state index contributed by atoms with van der Waals surface area (Å²) in [6.45, 7) is 4.22. The van der Waals surface area contributed by atoms with Gasteiger partial charge in [-0.2, -0.15) is 26.3 Å². The van der Waals surface area contributed by atoms with Crippen molar-refractivity contribution in [3.63, 3.8) is 0 Å². The second kappa shape index (κ2) is 11.9. The topological polar surface area (TPSA) is 55.5 Å². The molecule has 0 bridgehead atoms. The number of rotatable bonds is 6. The summed E-state index contributed by atoms with van der Waals surface area (Å²) in [6.07, 6.45) is -5.19. The Labute approximate surface area is 250 Å². The quantitative estimate of drug-likeness (QED) is 0.270. The number of nitrogens with zero attached hydrogens (tertiary/aromatic N) is 4. The monoisotopic (exact) mass is 615 g/mol. The van der Waals surface area contributed by atoms with E-state index in [2.05, 4.69) is 25.8 Å². The van der Waals surface area contributed by atoms with Crippen molar-refractivity contribution < 1.29 is 31.1 Å². The van der Waals surface area contributed by atoms with Crippen molar-refractivity contribution in [3.05, 3.63) is 101 Å². The molecule has 2 aromatic heterocycles. The van der Waals surface area contributed by atoms with Crippen molar-refractivity contribution in [2.45, 2.75) is 37.8 Å². The molecule has 12 heteroatoms. The zero-order valence-electron chi connectivity index (χ0n) is 23.8. The standard InChI is InChI=1S/C32H31F6N5O/c33-31(34,35)24-14-22(15-25(17-24)32(36,37)38)30(44)43-13-12-42(11-10-41-9-7-28-21(19-41)4-3-8-39-28)20-26(43)16-23-18-40-29-6-2-1-5-27(23)29/h1-6,8,14-15,17-18,26,40H,7,9-13,16,19-20H2/t26-/m1/s1. The fourth-order valence-electron chi connectivity index (χ4n) is 6.26. The average molecular weight is 616 g/mol. The fraction of sp³-hybridized carbons (Fsp3) is 0.375. The summed E-state index contributed by atoms with van der Waals surface area (Å²) in [4.78, 5) is 27.4. The minimum absolute atomic E-state index is 0.0488. The molecule has 1 saturated heterocycles. The molecule has 1 atom stereocenters. The van der Waals surface area contributed by atoms with E-state index in [1.165, 1.54) is 10.5 Å². The zero-order chi connectivity index (χ0) is 31.1. The third-order valence-electron chi connectivity index (χ3n) is 8.57. The maximum Gasteiger partial charge on any atom is 0.416 e. The highest BCUT2D eigenvalue weighted by molar-refractivity contribution is 5.95. The van der Waals surface area contributed by atoms with Gasteiger partial charge in [-0.1, -0.05) is 24.3 Å². The number of benzene rings is 2. The van der Waals surface area contributed by atoms with Crippen LogP contribution in [0.15, 0.2) is 67.0 Å². The van der Waals surface area contributed by atoms with Gasteiger partial charge in [-0.3, -0.25) is 19.6 Å². The molecule has 0 saturated carbocycles. The third kappa shape index (κ3) is 6.46. The first-order valence-corrected chi connectivity index (χ1v) is 14.5. The first kappa shape index (κ1) is 30.1. The van der Waals surface area contributed by atoms with E-state index in [9.17, 15) is 31.1 Å². The normalized spacial score (nSPS) is 18.5. The summed E-state index contributed by atoms with van der Waals surface area (Å²) >= 11 is 0. The van der Waals surface area contributed by atoms with E-state index in [0.29, 0.717) is 38.2 Å². The number of carbonyl (C=O) groups excluding carboxylic acids is 1. The maximum absolute atomic E-state index is 13.7. The van der Waals surface area contributed by atoms with Crippen LogP contribution in [-0.2, 0) is 31.7 Å². The van der Waals surface area contributed by atoms with Crippen LogP contribution < -0.4 is 0 Å². The number of carbonyl (C=O) groups is 1. The highest BCUT2D eigenvalue weighted by Gasteiger charge is 2.39. The number of H-pyrrole nitrogens is 1. The van der Waals surface area contributed by atoms with E-state index in [0.717, 1.165) is 48.2 Å². The molecule has 0 spiro atoms. The van der Waals surface area contributed by atoms with Gasteiger partial charge in [-0.15, -0.1) is 0 Å². The third-order valence-corrected chi connectivity index (χ3v) is 8.57. The van der Waals surface area contributed by atoms with Gasteiger partial charge in [0.05, 0.1) is 11.1 Å². The smallest absolute Gasteiger partial charge is 0.361 e. The Morgan fingerprint density at radius 3 is 2.36 bits per heavy atom. The Morgan fingerprint density at radius 1 is 0.886 bits per heavy atom. The van der Waals surface area contributed by atoms with Crippen molar-refractivity contribution >= 4 is 16.8 Å². The molecular formula is C32H31F6N5O. The number of halogens is 6. The highest BCUT2D eigenvalue weighted by atomic mass is 19.4. The molecule has 2 aliphatic heterocycles. The van der Waals surface area contributed by atoms with Crippen molar-refractivity contribution in [2.75, 3.05) is 39.3 Å². The number of alkyl halides is 6. The number of aromatic nitrogens is 2. The summed E-state index contributed by atoms with van der Waals surface area (Å²) in [6, 6.07) is 12.3. The molecule has 1 fully saturated rings. The second-order valence-electron chi connectivity index (χ2n) is 11.4. The Bertz CT molecular complexity index is 1620. The molecule has 2 aromatic carbocycles. The van der Waals surface area contributed by atoms with E-state index in [-0.39, 0.29) is 12.6 Å². The summed E-state index contributed by atoms with van der Waals surface area (Å²) < 4.78 is 81.5. The Morgan fingerprint density at radius 2 is 1.61 bits per heavy atom. The summed E-state index contributed by atoms with van der Waals surface area (Å²) in [7, 11) is 0. The average Bonchev–Trinajstić information content (AvgIpc) is 3.41. The van der Waals surface area contributed by atoms with Gasteiger partial charge in [0.1, 0.15) is 0 Å². The van der Waals surface area contributed by atoms with Crippen molar-refractivity contribution in [2.24, 2.45) is 0 Å². The number of aromatic amines is 1. The molecule has 4 aromatic rings. The molecule has 232 valence electrons. The lowest BCUT2D eigenvalue weighted by Gasteiger charge is -2.42.